The van der Waals surface area contributed by atoms with Crippen LogP contribution in [-0.4, -0.2) is 29.1 Å². The molecule has 0 bridgehead atoms. The first kappa shape index (κ1) is 16.5. The van der Waals surface area contributed by atoms with Crippen molar-refractivity contribution in [3.05, 3.63) is 24.3 Å². The summed E-state index contributed by atoms with van der Waals surface area (Å²) >= 11 is 0. The molecule has 0 spiro atoms. The van der Waals surface area contributed by atoms with E-state index in [0.29, 0.717) is 24.2 Å². The number of aliphatic carboxylic acids is 1. The second-order valence-corrected chi connectivity index (χ2v) is 4.54. The average Bonchev–Trinajstić information content (AvgIpc) is 2.40. The summed E-state index contributed by atoms with van der Waals surface area (Å²) in [5, 5.41) is 16.5. The Morgan fingerprint density at radius 1 is 1.10 bits per heavy atom. The van der Waals surface area contributed by atoms with E-state index < -0.39 is 18.0 Å². The number of carboxylic acid groups (broad SMARTS) is 1. The summed E-state index contributed by atoms with van der Waals surface area (Å²) in [7, 11) is 0. The van der Waals surface area contributed by atoms with E-state index in [4.69, 9.17) is 5.11 Å². The van der Waals surface area contributed by atoms with Crippen molar-refractivity contribution < 1.29 is 19.5 Å². The van der Waals surface area contributed by atoms with E-state index in [2.05, 4.69) is 16.0 Å². The zero-order chi connectivity index (χ0) is 15.8. The highest BCUT2D eigenvalue weighted by Crippen LogP contribution is 2.13. The Morgan fingerprint density at radius 3 is 2.05 bits per heavy atom. The van der Waals surface area contributed by atoms with Crippen molar-refractivity contribution in [3.8, 4) is 0 Å². The van der Waals surface area contributed by atoms with Gasteiger partial charge in [0.25, 0.3) is 0 Å². The van der Waals surface area contributed by atoms with Crippen LogP contribution >= 0.6 is 0 Å². The topological polar surface area (TPSA) is 108 Å². The summed E-state index contributed by atoms with van der Waals surface area (Å²) < 4.78 is 0. The lowest BCUT2D eigenvalue weighted by Crippen LogP contribution is -2.42. The number of carbonyl (C=O) groups is 3. The summed E-state index contributed by atoms with van der Waals surface area (Å²) in [6, 6.07) is 5.01. The average molecular weight is 293 g/mol. The van der Waals surface area contributed by atoms with Gasteiger partial charge in [0.1, 0.15) is 6.04 Å². The minimum atomic E-state index is -1.06. The van der Waals surface area contributed by atoms with Crippen molar-refractivity contribution in [2.24, 2.45) is 0 Å². The van der Waals surface area contributed by atoms with Gasteiger partial charge in [-0.1, -0.05) is 13.3 Å². The van der Waals surface area contributed by atoms with Crippen LogP contribution in [-0.2, 0) is 9.59 Å². The normalized spacial score (nSPS) is 11.3. The van der Waals surface area contributed by atoms with Gasteiger partial charge in [-0.2, -0.15) is 0 Å². The number of hydrogen-bond donors (Lipinski definition) is 4. The van der Waals surface area contributed by atoms with Gasteiger partial charge in [0.05, 0.1) is 0 Å². The molecule has 0 heterocycles. The Labute approximate surface area is 122 Å². The highest BCUT2D eigenvalue weighted by atomic mass is 16.4. The number of carbonyl (C=O) groups excluding carboxylic acids is 2. The molecule has 1 rings (SSSR count). The largest absolute Gasteiger partial charge is 0.480 e. The van der Waals surface area contributed by atoms with Crippen molar-refractivity contribution in [1.82, 2.24) is 5.32 Å². The summed E-state index contributed by atoms with van der Waals surface area (Å²) in [5.41, 5.74) is 1.12. The van der Waals surface area contributed by atoms with E-state index in [1.54, 1.807) is 24.3 Å². The Hall–Kier alpha value is -2.57. The molecule has 1 unspecified atom stereocenters. The van der Waals surface area contributed by atoms with Crippen LogP contribution in [0.4, 0.5) is 16.2 Å². The summed E-state index contributed by atoms with van der Waals surface area (Å²) in [5.74, 6) is -1.25. The maximum Gasteiger partial charge on any atom is 0.326 e. The third kappa shape index (κ3) is 5.94. The lowest BCUT2D eigenvalue weighted by molar-refractivity contribution is -0.139. The predicted molar refractivity (Wildman–Crippen MR) is 79.2 cm³/mol. The monoisotopic (exact) mass is 293 g/mol. The van der Waals surface area contributed by atoms with Crippen molar-refractivity contribution in [2.45, 2.75) is 32.7 Å². The SMILES string of the molecule is CCCC(NC(=O)Nc1ccc(NC(C)=O)cc1)C(=O)O. The standard InChI is InChI=1S/C14H19N3O4/c1-3-4-12(13(19)20)17-14(21)16-11-7-5-10(6-8-11)15-9(2)18/h5-8,12H,3-4H2,1-2H3,(H,15,18)(H,19,20)(H2,16,17,21). The Balaban J connectivity index is 2.57. The molecule has 7 nitrogen and oxygen atoms in total. The summed E-state index contributed by atoms with van der Waals surface area (Å²) in [4.78, 5) is 33.5. The number of amides is 3. The van der Waals surface area contributed by atoms with Crippen LogP contribution in [0.15, 0.2) is 24.3 Å². The Bertz CT molecular complexity index is 513. The van der Waals surface area contributed by atoms with Crippen LogP contribution in [0, 0.1) is 0 Å². The second kappa shape index (κ2) is 7.88. The lowest BCUT2D eigenvalue weighted by Gasteiger charge is -2.14. The number of anilines is 2. The third-order valence-corrected chi connectivity index (χ3v) is 2.64. The molecule has 0 aliphatic carbocycles. The van der Waals surface area contributed by atoms with E-state index >= 15 is 0 Å². The van der Waals surface area contributed by atoms with Gasteiger partial charge < -0.3 is 21.1 Å². The van der Waals surface area contributed by atoms with Crippen LogP contribution < -0.4 is 16.0 Å². The number of hydrogen-bond acceptors (Lipinski definition) is 3. The fourth-order valence-electron chi connectivity index (χ4n) is 1.71. The predicted octanol–water partition coefficient (Wildman–Crippen LogP) is 2.02. The molecule has 0 aliphatic heterocycles. The van der Waals surface area contributed by atoms with Gasteiger partial charge in [-0.05, 0) is 30.7 Å². The molecular formula is C14H19N3O4. The molecular weight excluding hydrogens is 274 g/mol. The van der Waals surface area contributed by atoms with Crippen LogP contribution in [0.2, 0.25) is 0 Å². The van der Waals surface area contributed by atoms with Gasteiger partial charge >= 0.3 is 12.0 Å². The van der Waals surface area contributed by atoms with E-state index in [9.17, 15) is 14.4 Å². The van der Waals surface area contributed by atoms with Gasteiger partial charge in [0, 0.05) is 18.3 Å². The van der Waals surface area contributed by atoms with Crippen molar-refractivity contribution in [3.63, 3.8) is 0 Å². The van der Waals surface area contributed by atoms with Gasteiger partial charge in [0.15, 0.2) is 0 Å². The maximum atomic E-state index is 11.7. The number of benzene rings is 1. The van der Waals surface area contributed by atoms with Crippen molar-refractivity contribution in [1.29, 1.82) is 0 Å². The second-order valence-electron chi connectivity index (χ2n) is 4.54. The van der Waals surface area contributed by atoms with Gasteiger partial charge in [0.2, 0.25) is 5.91 Å². The minimum absolute atomic E-state index is 0.183. The van der Waals surface area contributed by atoms with Gasteiger partial charge in [-0.3, -0.25) is 4.79 Å². The van der Waals surface area contributed by atoms with Gasteiger partial charge in [-0.25, -0.2) is 9.59 Å². The quantitative estimate of drug-likeness (QED) is 0.643. The van der Waals surface area contributed by atoms with E-state index in [0.717, 1.165) is 0 Å². The highest BCUT2D eigenvalue weighted by Gasteiger charge is 2.18. The molecule has 0 aromatic heterocycles. The van der Waals surface area contributed by atoms with Crippen LogP contribution in [0.5, 0.6) is 0 Å². The van der Waals surface area contributed by atoms with Crippen LogP contribution in [0.1, 0.15) is 26.7 Å². The van der Waals surface area contributed by atoms with Gasteiger partial charge in [-0.15, -0.1) is 0 Å². The van der Waals surface area contributed by atoms with Crippen molar-refractivity contribution in [2.75, 3.05) is 10.6 Å². The maximum absolute atomic E-state index is 11.7. The molecule has 21 heavy (non-hydrogen) atoms. The smallest absolute Gasteiger partial charge is 0.326 e. The first-order valence-corrected chi connectivity index (χ1v) is 6.60. The number of rotatable bonds is 6. The molecule has 3 amide bonds. The zero-order valence-corrected chi connectivity index (χ0v) is 12.0. The van der Waals surface area contributed by atoms with E-state index in [-0.39, 0.29) is 5.91 Å². The summed E-state index contributed by atoms with van der Waals surface area (Å²) in [6.07, 6.45) is 1.02. The minimum Gasteiger partial charge on any atom is -0.480 e. The molecule has 1 aromatic rings. The lowest BCUT2D eigenvalue weighted by atomic mass is 10.2. The summed E-state index contributed by atoms with van der Waals surface area (Å²) in [6.45, 7) is 3.25. The fraction of sp³-hybridized carbons (Fsp3) is 0.357. The molecule has 0 aliphatic rings. The first-order valence-electron chi connectivity index (χ1n) is 6.60. The van der Waals surface area contributed by atoms with Crippen molar-refractivity contribution >= 4 is 29.3 Å². The number of nitrogens with one attached hydrogen (secondary N) is 3. The molecule has 4 N–H and O–H groups in total. The molecule has 7 heteroatoms. The number of carboxylic acids is 1. The highest BCUT2D eigenvalue weighted by molar-refractivity contribution is 5.93. The van der Waals surface area contributed by atoms with E-state index in [1.807, 2.05) is 6.92 Å². The number of urea groups is 1. The molecule has 1 aromatic carbocycles. The van der Waals surface area contributed by atoms with Crippen LogP contribution in [0.25, 0.3) is 0 Å². The molecule has 0 radical (unpaired) electrons. The molecule has 0 fully saturated rings. The molecule has 114 valence electrons. The Morgan fingerprint density at radius 2 is 1.62 bits per heavy atom. The Kier molecular flexibility index (Phi) is 6.19. The zero-order valence-electron chi connectivity index (χ0n) is 12.0. The first-order chi connectivity index (χ1) is 9.92. The molecule has 0 saturated carbocycles. The molecule has 1 atom stereocenters. The van der Waals surface area contributed by atoms with Crippen LogP contribution in [0.3, 0.4) is 0 Å². The molecule has 0 saturated heterocycles. The van der Waals surface area contributed by atoms with E-state index in [1.165, 1.54) is 6.92 Å². The fourth-order valence-corrected chi connectivity index (χ4v) is 1.71. The third-order valence-electron chi connectivity index (χ3n) is 2.64.